The molecule has 0 aliphatic carbocycles. The summed E-state index contributed by atoms with van der Waals surface area (Å²) in [6.45, 7) is 0. The van der Waals surface area contributed by atoms with Crippen LogP contribution in [0.25, 0.3) is 10.9 Å². The fourth-order valence-electron chi connectivity index (χ4n) is 1.18. The third-order valence-corrected chi connectivity index (χ3v) is 2.00. The molecule has 1 aromatic carbocycles. The first-order chi connectivity index (χ1) is 5.77. The molecule has 2 nitrogen and oxygen atoms in total. The summed E-state index contributed by atoms with van der Waals surface area (Å²) < 4.78 is 0. The minimum absolute atomic E-state index is 0.418. The number of aromatic nitrogens is 1. The summed E-state index contributed by atoms with van der Waals surface area (Å²) in [5.74, 6) is 0. The van der Waals surface area contributed by atoms with Crippen molar-refractivity contribution in [3.05, 3.63) is 36.0 Å². The minimum Gasteiger partial charge on any atom is -0.361 e. The quantitative estimate of drug-likeness (QED) is 0.671. The van der Waals surface area contributed by atoms with Gasteiger partial charge in [-0.15, -0.1) is 0 Å². The van der Waals surface area contributed by atoms with Gasteiger partial charge in [0.25, 0.3) is 5.24 Å². The zero-order valence-electron chi connectivity index (χ0n) is 6.17. The topological polar surface area (TPSA) is 32.9 Å². The highest BCUT2D eigenvalue weighted by Gasteiger charge is 2.02. The van der Waals surface area contributed by atoms with E-state index < -0.39 is 5.24 Å². The van der Waals surface area contributed by atoms with E-state index >= 15 is 0 Å². The number of hydrogen-bond acceptors (Lipinski definition) is 1. The molecule has 0 saturated carbocycles. The summed E-state index contributed by atoms with van der Waals surface area (Å²) in [4.78, 5) is 13.8. The Morgan fingerprint density at radius 2 is 2.17 bits per heavy atom. The van der Waals surface area contributed by atoms with Crippen molar-refractivity contribution >= 4 is 27.7 Å². The molecule has 0 aliphatic rings. The molecule has 12 heavy (non-hydrogen) atoms. The summed E-state index contributed by atoms with van der Waals surface area (Å²) in [5, 5.41) is 0.583. The van der Waals surface area contributed by atoms with E-state index in [4.69, 9.17) is 11.6 Å². The number of benzene rings is 1. The summed E-state index contributed by atoms with van der Waals surface area (Å²) in [5.41, 5.74) is 1.54. The van der Waals surface area contributed by atoms with Crippen LogP contribution in [-0.4, -0.2) is 10.2 Å². The van der Waals surface area contributed by atoms with Gasteiger partial charge in [-0.1, -0.05) is 0 Å². The molecule has 3 heteroatoms. The van der Waals surface area contributed by atoms with Crippen LogP contribution in [0.2, 0.25) is 0 Å². The van der Waals surface area contributed by atoms with Crippen LogP contribution in [0.5, 0.6) is 0 Å². The molecular weight excluding hydrogens is 174 g/mol. The summed E-state index contributed by atoms with van der Waals surface area (Å²) in [6, 6.07) is 7.21. The van der Waals surface area contributed by atoms with E-state index in [2.05, 4.69) is 4.98 Å². The number of carbonyl (C=O) groups excluding carboxylic acids is 1. The van der Waals surface area contributed by atoms with Crippen molar-refractivity contribution in [3.63, 3.8) is 0 Å². The fourth-order valence-corrected chi connectivity index (χ4v) is 1.29. The lowest BCUT2D eigenvalue weighted by molar-refractivity contribution is 0.108. The van der Waals surface area contributed by atoms with Gasteiger partial charge in [0.05, 0.1) is 0 Å². The van der Waals surface area contributed by atoms with E-state index in [0.29, 0.717) is 5.56 Å². The van der Waals surface area contributed by atoms with Crippen LogP contribution in [0, 0.1) is 0 Å². The highest BCUT2D eigenvalue weighted by atomic mass is 35.5. The van der Waals surface area contributed by atoms with Gasteiger partial charge in [-0.3, -0.25) is 4.79 Å². The number of fused-ring (bicyclic) bond motifs is 1. The second-order valence-corrected chi connectivity index (χ2v) is 2.90. The molecule has 0 amide bonds. The van der Waals surface area contributed by atoms with Crippen molar-refractivity contribution in [2.24, 2.45) is 0 Å². The Kier molecular flexibility index (Phi) is 1.62. The minimum atomic E-state index is -0.418. The van der Waals surface area contributed by atoms with Crippen molar-refractivity contribution in [1.29, 1.82) is 0 Å². The Balaban J connectivity index is 2.68. The first kappa shape index (κ1) is 7.37. The molecule has 0 aliphatic heterocycles. The number of hydrogen-bond donors (Lipinski definition) is 1. The van der Waals surface area contributed by atoms with Gasteiger partial charge in [0.2, 0.25) is 0 Å². The molecule has 0 spiro atoms. The molecule has 60 valence electrons. The number of nitrogens with one attached hydrogen (secondary N) is 1. The van der Waals surface area contributed by atoms with Crippen LogP contribution >= 0.6 is 11.6 Å². The van der Waals surface area contributed by atoms with E-state index in [0.717, 1.165) is 10.9 Å². The lowest BCUT2D eigenvalue weighted by Crippen LogP contribution is -1.86. The van der Waals surface area contributed by atoms with Gasteiger partial charge in [-0.05, 0) is 35.9 Å². The standard InChI is InChI=1S/C9H6ClNO/c10-9(12)7-1-2-8-6(5-7)3-4-11-8/h1-5,11H. The van der Waals surface area contributed by atoms with Gasteiger partial charge in [0, 0.05) is 22.7 Å². The Hall–Kier alpha value is -1.28. The van der Waals surface area contributed by atoms with E-state index in [1.54, 1.807) is 12.1 Å². The number of carbonyl (C=O) groups is 1. The molecule has 2 rings (SSSR count). The number of rotatable bonds is 1. The van der Waals surface area contributed by atoms with Crippen LogP contribution in [-0.2, 0) is 0 Å². The smallest absolute Gasteiger partial charge is 0.252 e. The zero-order valence-corrected chi connectivity index (χ0v) is 6.93. The van der Waals surface area contributed by atoms with Crippen molar-refractivity contribution in [2.75, 3.05) is 0 Å². The van der Waals surface area contributed by atoms with Crippen LogP contribution in [0.15, 0.2) is 30.5 Å². The Morgan fingerprint density at radius 1 is 1.33 bits per heavy atom. The van der Waals surface area contributed by atoms with E-state index in [1.165, 1.54) is 0 Å². The Bertz CT molecular complexity index is 433. The van der Waals surface area contributed by atoms with Crippen LogP contribution in [0.3, 0.4) is 0 Å². The maximum absolute atomic E-state index is 10.8. The third kappa shape index (κ3) is 1.10. The van der Waals surface area contributed by atoms with Gasteiger partial charge >= 0.3 is 0 Å². The molecular formula is C9H6ClNO. The molecule has 0 atom stereocenters. The van der Waals surface area contributed by atoms with Gasteiger partial charge in [0.1, 0.15) is 0 Å². The second-order valence-electron chi connectivity index (χ2n) is 2.55. The molecule has 2 aromatic rings. The van der Waals surface area contributed by atoms with Crippen LogP contribution in [0.1, 0.15) is 10.4 Å². The SMILES string of the molecule is O=C(Cl)c1ccc2[nH]ccc2c1. The second kappa shape index (κ2) is 2.64. The van der Waals surface area contributed by atoms with Crippen molar-refractivity contribution < 1.29 is 4.79 Å². The summed E-state index contributed by atoms with van der Waals surface area (Å²) >= 11 is 5.32. The average molecular weight is 180 g/mol. The highest BCUT2D eigenvalue weighted by Crippen LogP contribution is 2.15. The molecule has 0 unspecified atom stereocenters. The average Bonchev–Trinajstić information content (AvgIpc) is 2.49. The Labute approximate surface area is 74.2 Å². The summed E-state index contributed by atoms with van der Waals surface area (Å²) in [6.07, 6.45) is 1.83. The molecule has 1 N–H and O–H groups in total. The third-order valence-electron chi connectivity index (χ3n) is 1.78. The van der Waals surface area contributed by atoms with Gasteiger partial charge < -0.3 is 4.98 Å². The monoisotopic (exact) mass is 179 g/mol. The molecule has 0 radical (unpaired) electrons. The lowest BCUT2D eigenvalue weighted by Gasteiger charge is -1.92. The van der Waals surface area contributed by atoms with Gasteiger partial charge in [-0.2, -0.15) is 0 Å². The number of aromatic amines is 1. The molecule has 0 fully saturated rings. The first-order valence-electron chi connectivity index (χ1n) is 3.54. The summed E-state index contributed by atoms with van der Waals surface area (Å²) in [7, 11) is 0. The predicted octanol–water partition coefficient (Wildman–Crippen LogP) is 2.55. The lowest BCUT2D eigenvalue weighted by atomic mass is 10.2. The van der Waals surface area contributed by atoms with E-state index in [-0.39, 0.29) is 0 Å². The maximum atomic E-state index is 10.8. The zero-order chi connectivity index (χ0) is 8.55. The van der Waals surface area contributed by atoms with Crippen LogP contribution < -0.4 is 0 Å². The molecule has 1 aromatic heterocycles. The maximum Gasteiger partial charge on any atom is 0.252 e. The first-order valence-corrected chi connectivity index (χ1v) is 3.92. The number of H-pyrrole nitrogens is 1. The largest absolute Gasteiger partial charge is 0.361 e. The molecule has 1 heterocycles. The van der Waals surface area contributed by atoms with Crippen molar-refractivity contribution in [3.8, 4) is 0 Å². The van der Waals surface area contributed by atoms with E-state index in [1.807, 2.05) is 18.3 Å². The van der Waals surface area contributed by atoms with Gasteiger partial charge in [0.15, 0.2) is 0 Å². The molecule has 0 bridgehead atoms. The normalized spacial score (nSPS) is 10.4. The highest BCUT2D eigenvalue weighted by molar-refractivity contribution is 6.67. The van der Waals surface area contributed by atoms with Crippen LogP contribution in [0.4, 0.5) is 0 Å². The van der Waals surface area contributed by atoms with Crippen molar-refractivity contribution in [2.45, 2.75) is 0 Å². The predicted molar refractivity (Wildman–Crippen MR) is 48.5 cm³/mol. The molecule has 0 saturated heterocycles. The van der Waals surface area contributed by atoms with E-state index in [9.17, 15) is 4.79 Å². The van der Waals surface area contributed by atoms with Gasteiger partial charge in [-0.25, -0.2) is 0 Å². The van der Waals surface area contributed by atoms with Crippen molar-refractivity contribution in [1.82, 2.24) is 4.98 Å². The number of halogens is 1. The Morgan fingerprint density at radius 3 is 2.92 bits per heavy atom. The fraction of sp³-hybridized carbons (Fsp3) is 0.